The highest BCUT2D eigenvalue weighted by atomic mass is 19.1. The molecule has 0 aliphatic carbocycles. The predicted octanol–water partition coefficient (Wildman–Crippen LogP) is 3.91. The van der Waals surface area contributed by atoms with E-state index in [0.717, 1.165) is 6.07 Å². The summed E-state index contributed by atoms with van der Waals surface area (Å²) in [5.41, 5.74) is 8.04. The Kier molecular flexibility index (Phi) is 5.32. The first-order chi connectivity index (χ1) is 11.5. The summed E-state index contributed by atoms with van der Waals surface area (Å²) in [5.74, 6) is -0.938. The van der Waals surface area contributed by atoms with Crippen LogP contribution in [-0.4, -0.2) is 15.6 Å². The van der Waals surface area contributed by atoms with Gasteiger partial charge in [-0.25, -0.2) is 4.39 Å². The van der Waals surface area contributed by atoms with E-state index >= 15 is 0 Å². The maximum Gasteiger partial charge on any atom is 0.228 e. The number of anilines is 2. The van der Waals surface area contributed by atoms with Gasteiger partial charge in [-0.1, -0.05) is 19.6 Å². The number of aromatic hydroxyl groups is 1. The van der Waals surface area contributed by atoms with Crippen molar-refractivity contribution < 1.29 is 14.3 Å². The number of amides is 1. The molecule has 0 spiro atoms. The Hall–Kier alpha value is -3.02. The van der Waals surface area contributed by atoms with Crippen LogP contribution >= 0.6 is 0 Å². The van der Waals surface area contributed by atoms with Crippen LogP contribution in [0.4, 0.5) is 15.8 Å². The van der Waals surface area contributed by atoms with E-state index in [1.807, 2.05) is 6.92 Å². The molecule has 6 heteroatoms. The number of benzene rings is 2. The van der Waals surface area contributed by atoms with Gasteiger partial charge in [0.25, 0.3) is 0 Å². The van der Waals surface area contributed by atoms with E-state index in [4.69, 9.17) is 5.73 Å². The molecule has 1 aromatic heterocycles. The number of carbonyl (C=O) groups is 1. The molecule has 0 radical (unpaired) electrons. The predicted molar refractivity (Wildman–Crippen MR) is 99.2 cm³/mol. The molecule has 3 rings (SSSR count). The van der Waals surface area contributed by atoms with Gasteiger partial charge in [-0.05, 0) is 30.7 Å². The highest BCUT2D eigenvalue weighted by Crippen LogP contribution is 2.31. The van der Waals surface area contributed by atoms with E-state index < -0.39 is 5.82 Å². The first-order valence-corrected chi connectivity index (χ1v) is 7.64. The Morgan fingerprint density at radius 3 is 2.72 bits per heavy atom. The third-order valence-corrected chi connectivity index (χ3v) is 3.93. The largest absolute Gasteiger partial charge is 0.507 e. The lowest BCUT2D eigenvalue weighted by atomic mass is 10.1. The van der Waals surface area contributed by atoms with Crippen LogP contribution in [-0.2, 0) is 17.8 Å². The van der Waals surface area contributed by atoms with Crippen molar-refractivity contribution in [3.8, 4) is 5.75 Å². The van der Waals surface area contributed by atoms with Gasteiger partial charge in [0.2, 0.25) is 5.91 Å². The van der Waals surface area contributed by atoms with Crippen LogP contribution in [0.2, 0.25) is 0 Å². The number of aryl methyl sites for hydroxylation is 1. The van der Waals surface area contributed by atoms with Gasteiger partial charge in [0.15, 0.2) is 0 Å². The van der Waals surface area contributed by atoms with Gasteiger partial charge in [-0.2, -0.15) is 0 Å². The molecule has 2 aromatic carbocycles. The molecule has 0 bridgehead atoms. The number of nitrogen functional groups attached to an aromatic ring is 1. The number of hydrogen-bond donors (Lipinski definition) is 3. The smallest absolute Gasteiger partial charge is 0.228 e. The van der Waals surface area contributed by atoms with Crippen molar-refractivity contribution in [3.05, 3.63) is 54.0 Å². The van der Waals surface area contributed by atoms with Crippen LogP contribution in [0.1, 0.15) is 19.9 Å². The van der Waals surface area contributed by atoms with Gasteiger partial charge in [-0.15, -0.1) is 0 Å². The molecule has 0 aliphatic heterocycles. The number of rotatable bonds is 4. The second-order valence-electron chi connectivity index (χ2n) is 5.57. The van der Waals surface area contributed by atoms with Crippen molar-refractivity contribution in [1.82, 2.24) is 4.57 Å². The number of aromatic nitrogens is 1. The van der Waals surface area contributed by atoms with Crippen molar-refractivity contribution in [2.45, 2.75) is 27.3 Å². The van der Waals surface area contributed by atoms with Gasteiger partial charge < -0.3 is 20.7 Å². The molecule has 1 amide bonds. The third-order valence-electron chi connectivity index (χ3n) is 3.93. The molecule has 0 aliphatic rings. The molecule has 0 unspecified atom stereocenters. The van der Waals surface area contributed by atoms with Crippen molar-refractivity contribution in [1.29, 1.82) is 0 Å². The lowest BCUT2D eigenvalue weighted by Gasteiger charge is -2.07. The molecule has 4 N–H and O–H groups in total. The molecule has 0 saturated carbocycles. The first kappa shape index (κ1) is 18.3. The zero-order chi connectivity index (χ0) is 17.3. The fourth-order valence-corrected chi connectivity index (χ4v) is 2.83. The van der Waals surface area contributed by atoms with Gasteiger partial charge in [-0.3, -0.25) is 4.79 Å². The zero-order valence-corrected chi connectivity index (χ0v) is 13.2. The summed E-state index contributed by atoms with van der Waals surface area (Å²) >= 11 is 0. The van der Waals surface area contributed by atoms with Crippen LogP contribution in [0.15, 0.2) is 42.6 Å². The highest BCUT2D eigenvalue weighted by molar-refractivity contribution is 5.99. The molecule has 3 aromatic rings. The van der Waals surface area contributed by atoms with Crippen LogP contribution in [0.3, 0.4) is 0 Å². The summed E-state index contributed by atoms with van der Waals surface area (Å²) in [6, 6.07) is 9.40. The molecule has 0 fully saturated rings. The van der Waals surface area contributed by atoms with Crippen LogP contribution in [0, 0.1) is 5.82 Å². The minimum Gasteiger partial charge on any atom is -0.507 e. The Bertz CT molecular complexity index is 918. The van der Waals surface area contributed by atoms with Gasteiger partial charge >= 0.3 is 0 Å². The average Bonchev–Trinajstić information content (AvgIpc) is 2.87. The third kappa shape index (κ3) is 3.57. The minimum atomic E-state index is -0.513. The number of carbonyl (C=O) groups excluding carboxylic acids is 1. The van der Waals surface area contributed by atoms with E-state index in [-0.39, 0.29) is 25.5 Å². The molecule has 5 nitrogen and oxygen atoms in total. The van der Waals surface area contributed by atoms with E-state index in [2.05, 4.69) is 5.32 Å². The summed E-state index contributed by atoms with van der Waals surface area (Å²) in [7, 11) is 0. The van der Waals surface area contributed by atoms with Crippen molar-refractivity contribution in [3.63, 3.8) is 0 Å². The number of fused-ring (bicyclic) bond motifs is 1. The number of halogens is 1. The van der Waals surface area contributed by atoms with Crippen molar-refractivity contribution in [2.24, 2.45) is 0 Å². The Morgan fingerprint density at radius 2 is 2.04 bits per heavy atom. The van der Waals surface area contributed by atoms with Gasteiger partial charge in [0.1, 0.15) is 11.6 Å². The number of nitrogens with zero attached hydrogens (tertiary/aromatic N) is 1. The summed E-state index contributed by atoms with van der Waals surface area (Å²) < 4.78 is 15.4. The normalized spacial score (nSPS) is 10.5. The molecule has 0 saturated heterocycles. The summed E-state index contributed by atoms with van der Waals surface area (Å²) in [6.45, 7) is 2.52. The summed E-state index contributed by atoms with van der Waals surface area (Å²) in [6.07, 6.45) is 1.81. The second kappa shape index (κ2) is 7.25. The second-order valence-corrected chi connectivity index (χ2v) is 5.57. The maximum atomic E-state index is 13.6. The first-order valence-electron chi connectivity index (χ1n) is 7.64. The van der Waals surface area contributed by atoms with Crippen molar-refractivity contribution >= 4 is 28.2 Å². The lowest BCUT2D eigenvalue weighted by molar-refractivity contribution is -0.115. The molecule has 1 heterocycles. The minimum absolute atomic E-state index is 0. The maximum absolute atomic E-state index is 13.6. The SMILES string of the molecule is C.CCn1cc(CC(=O)Nc2ccccc2N)c2c(O)cc(F)cc21. The van der Waals surface area contributed by atoms with Gasteiger partial charge in [0, 0.05) is 24.2 Å². The molecular weight excluding hydrogens is 321 g/mol. The Labute approximate surface area is 145 Å². The Balaban J connectivity index is 0.00000225. The van der Waals surface area contributed by atoms with Crippen LogP contribution in [0.5, 0.6) is 5.75 Å². The number of para-hydroxylation sites is 2. The van der Waals surface area contributed by atoms with E-state index in [0.29, 0.717) is 34.4 Å². The number of nitrogens with two attached hydrogens (primary N) is 1. The zero-order valence-electron chi connectivity index (χ0n) is 13.2. The number of hydrogen-bond acceptors (Lipinski definition) is 3. The fourth-order valence-electron chi connectivity index (χ4n) is 2.83. The summed E-state index contributed by atoms with van der Waals surface area (Å²) in [5, 5.41) is 13.3. The van der Waals surface area contributed by atoms with Gasteiger partial charge in [0.05, 0.1) is 23.3 Å². The van der Waals surface area contributed by atoms with Crippen LogP contribution in [0.25, 0.3) is 10.9 Å². The molecular formula is C19H22FN3O2. The quantitative estimate of drug-likeness (QED) is 0.628. The standard InChI is InChI=1S/C18H18FN3O2.CH4/c1-2-22-10-11(18-15(22)8-12(19)9-16(18)23)7-17(24)21-14-6-4-3-5-13(14)20;/h3-6,8-10,23H,2,7,20H2,1H3,(H,21,24);1H4. The monoisotopic (exact) mass is 343 g/mol. The Morgan fingerprint density at radius 1 is 1.32 bits per heavy atom. The number of phenols is 1. The van der Waals surface area contributed by atoms with E-state index in [1.54, 1.807) is 35.0 Å². The fraction of sp³-hybridized carbons (Fsp3) is 0.211. The number of nitrogens with one attached hydrogen (secondary N) is 1. The average molecular weight is 343 g/mol. The van der Waals surface area contributed by atoms with E-state index in [1.165, 1.54) is 6.07 Å². The lowest BCUT2D eigenvalue weighted by Crippen LogP contribution is -2.15. The van der Waals surface area contributed by atoms with Crippen molar-refractivity contribution in [2.75, 3.05) is 11.1 Å². The molecule has 25 heavy (non-hydrogen) atoms. The highest BCUT2D eigenvalue weighted by Gasteiger charge is 2.16. The van der Waals surface area contributed by atoms with E-state index in [9.17, 15) is 14.3 Å². The molecule has 132 valence electrons. The van der Waals surface area contributed by atoms with Crippen LogP contribution < -0.4 is 11.1 Å². The number of phenolic OH excluding ortho intramolecular Hbond substituents is 1. The summed E-state index contributed by atoms with van der Waals surface area (Å²) in [4.78, 5) is 12.3. The topological polar surface area (TPSA) is 80.3 Å². The molecule has 0 atom stereocenters.